The van der Waals surface area contributed by atoms with E-state index < -0.39 is 17.3 Å². The molecule has 0 bridgehead atoms. The van der Waals surface area contributed by atoms with Gasteiger partial charge in [-0.2, -0.15) is 0 Å². The zero-order valence-corrected chi connectivity index (χ0v) is 15.3. The summed E-state index contributed by atoms with van der Waals surface area (Å²) >= 11 is 5.26. The van der Waals surface area contributed by atoms with Gasteiger partial charge in [0.05, 0.1) is 0 Å². The van der Waals surface area contributed by atoms with Crippen molar-refractivity contribution in [3.63, 3.8) is 0 Å². The van der Waals surface area contributed by atoms with Gasteiger partial charge in [0.15, 0.2) is 6.10 Å². The molecule has 0 saturated carbocycles. The third-order valence-electron chi connectivity index (χ3n) is 4.66. The summed E-state index contributed by atoms with van der Waals surface area (Å²) in [6.07, 6.45) is -0.751. The number of aliphatic hydroxyl groups is 1. The number of nitrogens with zero attached hydrogens (tertiary/aromatic N) is 2. The fourth-order valence-corrected chi connectivity index (χ4v) is 2.86. The Morgan fingerprint density at radius 3 is 2.52 bits per heavy atom. The molecule has 0 spiro atoms. The van der Waals surface area contributed by atoms with Crippen molar-refractivity contribution >= 4 is 17.1 Å². The highest BCUT2D eigenvalue weighted by atomic mass is 32.1. The van der Waals surface area contributed by atoms with Gasteiger partial charge >= 0.3 is 0 Å². The maximum Gasteiger partial charge on any atom is 0.234 e. The highest BCUT2D eigenvalue weighted by Crippen LogP contribution is 2.48. The predicted molar refractivity (Wildman–Crippen MR) is 96.2 cm³/mol. The summed E-state index contributed by atoms with van der Waals surface area (Å²) in [7, 11) is 0. The molecule has 0 aliphatic carbocycles. The third-order valence-corrected chi connectivity index (χ3v) is 4.89. The van der Waals surface area contributed by atoms with Crippen LogP contribution in [-0.4, -0.2) is 36.5 Å². The van der Waals surface area contributed by atoms with E-state index in [9.17, 15) is 10.2 Å². The largest absolute Gasteiger partial charge is 0.492 e. The Morgan fingerprint density at radius 1 is 1.20 bits per heavy atom. The molecule has 0 radical (unpaired) electrons. The van der Waals surface area contributed by atoms with Crippen molar-refractivity contribution in [2.45, 2.75) is 45.0 Å². The van der Waals surface area contributed by atoms with E-state index in [2.05, 4.69) is 10.2 Å². The van der Waals surface area contributed by atoms with Crippen LogP contribution in [0.1, 0.15) is 44.9 Å². The van der Waals surface area contributed by atoms with Gasteiger partial charge in [-0.05, 0) is 45.4 Å². The highest BCUT2D eigenvalue weighted by Gasteiger charge is 2.54. The van der Waals surface area contributed by atoms with Crippen LogP contribution in [-0.2, 0) is 0 Å². The first-order valence-corrected chi connectivity index (χ1v) is 8.28. The van der Waals surface area contributed by atoms with Crippen LogP contribution in [0.15, 0.2) is 30.3 Å². The van der Waals surface area contributed by atoms with Gasteiger partial charge < -0.3 is 19.7 Å². The van der Waals surface area contributed by atoms with Gasteiger partial charge in [0.2, 0.25) is 11.8 Å². The number of aromatic hydroxyl groups is 1. The Hall–Kier alpha value is -2.25. The van der Waals surface area contributed by atoms with E-state index in [0.29, 0.717) is 11.3 Å². The average molecular weight is 360 g/mol. The number of benzene rings is 1. The molecule has 3 rings (SSSR count). The minimum Gasteiger partial charge on any atom is -0.492 e. The van der Waals surface area contributed by atoms with Crippen molar-refractivity contribution in [2.24, 2.45) is 0 Å². The second kappa shape index (κ2) is 5.93. The van der Waals surface area contributed by atoms with Crippen LogP contribution in [0.3, 0.4) is 0 Å². The molecule has 25 heavy (non-hydrogen) atoms. The lowest BCUT2D eigenvalue weighted by atomic mass is 9.76. The van der Waals surface area contributed by atoms with Crippen molar-refractivity contribution in [3.8, 4) is 17.5 Å². The number of hydrogen-bond acceptors (Lipinski definition) is 7. The molecule has 2 unspecified atom stereocenters. The predicted octanol–water partition coefficient (Wildman–Crippen LogP) is 2.96. The summed E-state index contributed by atoms with van der Waals surface area (Å²) in [4.78, 5) is 0.732. The Labute approximate surface area is 151 Å². The van der Waals surface area contributed by atoms with Gasteiger partial charge in [-0.15, -0.1) is 10.2 Å². The van der Waals surface area contributed by atoms with Crippen molar-refractivity contribution in [3.05, 3.63) is 41.5 Å². The third kappa shape index (κ3) is 3.05. The lowest BCUT2D eigenvalue weighted by molar-refractivity contribution is -0.175. The summed E-state index contributed by atoms with van der Waals surface area (Å²) in [5.74, 6) is 0.606. The first-order valence-electron chi connectivity index (χ1n) is 7.87. The van der Waals surface area contributed by atoms with Crippen LogP contribution in [0.4, 0.5) is 0 Å². The van der Waals surface area contributed by atoms with Gasteiger partial charge in [-0.3, -0.25) is 0 Å². The van der Waals surface area contributed by atoms with Crippen molar-refractivity contribution in [2.75, 3.05) is 0 Å². The monoisotopic (exact) mass is 360 g/mol. The lowest BCUT2D eigenvalue weighted by Crippen LogP contribution is -2.59. The molecular weight excluding hydrogens is 340 g/mol. The van der Waals surface area contributed by atoms with Gasteiger partial charge in [0.1, 0.15) is 17.0 Å². The Bertz CT molecular complexity index is 818. The Morgan fingerprint density at radius 2 is 1.92 bits per heavy atom. The molecule has 6 nitrogen and oxygen atoms in total. The summed E-state index contributed by atoms with van der Waals surface area (Å²) < 4.78 is 12.0. The van der Waals surface area contributed by atoms with Crippen molar-refractivity contribution < 1.29 is 19.7 Å². The molecule has 0 fully saturated rings. The van der Waals surface area contributed by atoms with E-state index in [4.69, 9.17) is 21.7 Å². The molecule has 0 saturated heterocycles. The number of ether oxygens (including phenoxy) is 2. The van der Waals surface area contributed by atoms with E-state index in [-0.39, 0.29) is 11.8 Å². The minimum atomic E-state index is -1.35. The quantitative estimate of drug-likeness (QED) is 0.643. The van der Waals surface area contributed by atoms with Crippen molar-refractivity contribution in [1.82, 2.24) is 10.2 Å². The molecular formula is C18H20N2O4S. The van der Waals surface area contributed by atoms with Gasteiger partial charge in [0, 0.05) is 22.6 Å². The fourth-order valence-electron chi connectivity index (χ4n) is 2.74. The lowest BCUT2D eigenvalue weighted by Gasteiger charge is -2.48. The molecule has 2 aromatic rings. The molecule has 2 N–H and O–H groups in total. The molecule has 132 valence electrons. The molecule has 7 heteroatoms. The first-order chi connectivity index (χ1) is 11.6. The zero-order chi connectivity index (χ0) is 18.4. The summed E-state index contributed by atoms with van der Waals surface area (Å²) in [6.45, 7) is 7.09. The van der Waals surface area contributed by atoms with E-state index in [0.717, 1.165) is 10.4 Å². The van der Waals surface area contributed by atoms with E-state index in [1.54, 1.807) is 20.8 Å². The number of aromatic nitrogens is 2. The van der Waals surface area contributed by atoms with Crippen LogP contribution in [0.25, 0.3) is 0 Å². The van der Waals surface area contributed by atoms with Gasteiger partial charge in [-0.1, -0.05) is 18.3 Å². The number of hydrogen-bond donors (Lipinski definition) is 2. The Kier molecular flexibility index (Phi) is 4.17. The maximum absolute atomic E-state index is 11.2. The van der Waals surface area contributed by atoms with Crippen molar-refractivity contribution in [1.29, 1.82) is 0 Å². The Balaban J connectivity index is 2.11. The molecule has 0 amide bonds. The van der Waals surface area contributed by atoms with E-state index in [1.165, 1.54) is 12.1 Å². The summed E-state index contributed by atoms with van der Waals surface area (Å²) in [5.41, 5.74) is -0.712. The van der Waals surface area contributed by atoms with Gasteiger partial charge in [0.25, 0.3) is 0 Å². The van der Waals surface area contributed by atoms with E-state index >= 15 is 0 Å². The zero-order valence-electron chi connectivity index (χ0n) is 14.5. The van der Waals surface area contributed by atoms with E-state index in [1.807, 2.05) is 25.1 Å². The molecule has 1 aromatic heterocycles. The van der Waals surface area contributed by atoms with Crippen LogP contribution in [0.2, 0.25) is 0 Å². The second-order valence-corrected chi connectivity index (χ2v) is 7.41. The average Bonchev–Trinajstić information content (AvgIpc) is 2.53. The smallest absolute Gasteiger partial charge is 0.234 e. The normalized spacial score (nSPS) is 24.1. The van der Waals surface area contributed by atoms with Crippen LogP contribution in [0, 0.1) is 0 Å². The minimum absolute atomic E-state index is 0.191. The fraction of sp³-hybridized carbons (Fsp3) is 0.389. The second-order valence-electron chi connectivity index (χ2n) is 6.80. The summed E-state index contributed by atoms with van der Waals surface area (Å²) in [5, 5.41) is 27.9. The SMILES string of the molecule is CC(=S)c1ccc2c(c1)C(Oc1ccc(O)nn1)C(C)(O)C(C)(C)O2. The van der Waals surface area contributed by atoms with Crippen LogP contribution in [0.5, 0.6) is 17.5 Å². The number of rotatable bonds is 3. The molecule has 1 aliphatic rings. The van der Waals surface area contributed by atoms with Crippen LogP contribution >= 0.6 is 12.2 Å². The number of fused-ring (bicyclic) bond motifs is 1. The molecule has 2 heterocycles. The molecule has 1 aromatic carbocycles. The molecule has 1 aliphatic heterocycles. The summed E-state index contributed by atoms with van der Waals surface area (Å²) in [6, 6.07) is 8.44. The highest BCUT2D eigenvalue weighted by molar-refractivity contribution is 7.80. The maximum atomic E-state index is 11.2. The van der Waals surface area contributed by atoms with Crippen LogP contribution < -0.4 is 9.47 Å². The molecule has 2 atom stereocenters. The first kappa shape index (κ1) is 17.6. The number of thiocarbonyl (C=S) groups is 1. The standard InChI is InChI=1S/C18H20N2O4S/c1-10(25)11-5-6-13-12(9-11)16(18(4,22)17(2,3)24-13)23-15-8-7-14(21)19-20-15/h5-9,16,22H,1-4H3,(H,19,21). The topological polar surface area (TPSA) is 84.7 Å². The van der Waals surface area contributed by atoms with Gasteiger partial charge in [-0.25, -0.2) is 0 Å².